The van der Waals surface area contributed by atoms with Crippen LogP contribution in [0.4, 0.5) is 5.69 Å². The summed E-state index contributed by atoms with van der Waals surface area (Å²) in [6.07, 6.45) is 1.36. The topological polar surface area (TPSA) is 72.5 Å². The van der Waals surface area contributed by atoms with Crippen LogP contribution in [0.3, 0.4) is 0 Å². The standard InChI is InChI=1S/C25H29NO3/c1-16(2)10-11-29-24-22(13-18(14-23(24)26)12-17(3)25(27)28)21-9-8-19-6-4-5-7-20(19)15-21/h4-9,13-17H,10-12,26H2,1-3H3,(H,27,28). The molecular formula is C25H29NO3. The smallest absolute Gasteiger partial charge is 0.306 e. The number of carboxylic acid groups (broad SMARTS) is 1. The van der Waals surface area contributed by atoms with Crippen LogP contribution in [-0.4, -0.2) is 17.7 Å². The van der Waals surface area contributed by atoms with Crippen molar-refractivity contribution >= 4 is 22.4 Å². The predicted molar refractivity (Wildman–Crippen MR) is 119 cm³/mol. The SMILES string of the molecule is CC(C)CCOc1c(N)cc(CC(C)C(=O)O)cc1-c1ccc2ccccc2c1. The Labute approximate surface area is 172 Å². The van der Waals surface area contributed by atoms with Crippen LogP contribution in [0.5, 0.6) is 5.75 Å². The summed E-state index contributed by atoms with van der Waals surface area (Å²) in [6, 6.07) is 18.3. The Balaban J connectivity index is 2.05. The highest BCUT2D eigenvalue weighted by molar-refractivity contribution is 5.89. The second kappa shape index (κ2) is 8.99. The van der Waals surface area contributed by atoms with Gasteiger partial charge in [-0.25, -0.2) is 0 Å². The first kappa shape index (κ1) is 20.7. The number of hydrogen-bond acceptors (Lipinski definition) is 3. The highest BCUT2D eigenvalue weighted by Gasteiger charge is 2.17. The molecule has 0 aliphatic heterocycles. The minimum Gasteiger partial charge on any atom is -0.491 e. The van der Waals surface area contributed by atoms with E-state index in [-0.39, 0.29) is 0 Å². The van der Waals surface area contributed by atoms with Crippen molar-refractivity contribution in [3.05, 3.63) is 60.2 Å². The largest absolute Gasteiger partial charge is 0.491 e. The second-order valence-corrected chi connectivity index (χ2v) is 8.10. The van der Waals surface area contributed by atoms with Gasteiger partial charge >= 0.3 is 5.97 Å². The molecule has 4 heteroatoms. The second-order valence-electron chi connectivity index (χ2n) is 8.10. The van der Waals surface area contributed by atoms with Gasteiger partial charge in [0.2, 0.25) is 0 Å². The average Bonchev–Trinajstić information content (AvgIpc) is 2.68. The first-order valence-electron chi connectivity index (χ1n) is 10.1. The molecule has 1 atom stereocenters. The summed E-state index contributed by atoms with van der Waals surface area (Å²) in [7, 11) is 0. The van der Waals surface area contributed by atoms with E-state index in [1.165, 1.54) is 5.39 Å². The van der Waals surface area contributed by atoms with Gasteiger partial charge in [0.05, 0.1) is 18.2 Å². The molecule has 0 aliphatic carbocycles. The zero-order valence-corrected chi connectivity index (χ0v) is 17.3. The summed E-state index contributed by atoms with van der Waals surface area (Å²) in [5.41, 5.74) is 9.74. The molecule has 29 heavy (non-hydrogen) atoms. The number of nitrogen functional groups attached to an aromatic ring is 1. The highest BCUT2D eigenvalue weighted by atomic mass is 16.5. The number of carbonyl (C=O) groups is 1. The molecule has 0 aromatic heterocycles. The first-order chi connectivity index (χ1) is 13.8. The van der Waals surface area contributed by atoms with Crippen molar-refractivity contribution in [2.75, 3.05) is 12.3 Å². The normalized spacial score (nSPS) is 12.3. The van der Waals surface area contributed by atoms with Gasteiger partial charge in [-0.3, -0.25) is 4.79 Å². The third kappa shape index (κ3) is 5.08. The van der Waals surface area contributed by atoms with Crippen LogP contribution in [0.2, 0.25) is 0 Å². The molecule has 1 unspecified atom stereocenters. The van der Waals surface area contributed by atoms with E-state index in [2.05, 4.69) is 44.2 Å². The zero-order chi connectivity index (χ0) is 21.0. The maximum absolute atomic E-state index is 11.3. The number of ether oxygens (including phenoxy) is 1. The molecule has 3 N–H and O–H groups in total. The van der Waals surface area contributed by atoms with Gasteiger partial charge in [0, 0.05) is 5.56 Å². The van der Waals surface area contributed by atoms with Crippen LogP contribution in [0.1, 0.15) is 32.8 Å². The Bertz CT molecular complexity index is 1010. The summed E-state index contributed by atoms with van der Waals surface area (Å²) in [4.78, 5) is 11.3. The van der Waals surface area contributed by atoms with Gasteiger partial charge in [0.25, 0.3) is 0 Å². The molecular weight excluding hydrogens is 362 g/mol. The predicted octanol–water partition coefficient (Wildman–Crippen LogP) is 5.78. The van der Waals surface area contributed by atoms with E-state index in [1.807, 2.05) is 24.3 Å². The number of anilines is 1. The van der Waals surface area contributed by atoms with Crippen LogP contribution < -0.4 is 10.5 Å². The van der Waals surface area contributed by atoms with Crippen LogP contribution in [0, 0.1) is 11.8 Å². The van der Waals surface area contributed by atoms with Crippen molar-refractivity contribution in [2.24, 2.45) is 11.8 Å². The van der Waals surface area contributed by atoms with E-state index in [1.54, 1.807) is 6.92 Å². The molecule has 0 heterocycles. The lowest BCUT2D eigenvalue weighted by Crippen LogP contribution is -2.13. The minimum atomic E-state index is -0.812. The van der Waals surface area contributed by atoms with Crippen LogP contribution in [0.15, 0.2) is 54.6 Å². The van der Waals surface area contributed by atoms with E-state index < -0.39 is 11.9 Å². The van der Waals surface area contributed by atoms with Crippen molar-refractivity contribution in [2.45, 2.75) is 33.6 Å². The lowest BCUT2D eigenvalue weighted by molar-refractivity contribution is -0.141. The van der Waals surface area contributed by atoms with Crippen molar-refractivity contribution in [1.82, 2.24) is 0 Å². The van der Waals surface area contributed by atoms with Gasteiger partial charge in [-0.2, -0.15) is 0 Å². The summed E-state index contributed by atoms with van der Waals surface area (Å²) < 4.78 is 6.11. The number of fused-ring (bicyclic) bond motifs is 1. The molecule has 4 nitrogen and oxygen atoms in total. The van der Waals surface area contributed by atoms with E-state index in [0.29, 0.717) is 30.4 Å². The van der Waals surface area contributed by atoms with Crippen molar-refractivity contribution in [3.63, 3.8) is 0 Å². The molecule has 0 bridgehead atoms. The Kier molecular flexibility index (Phi) is 6.42. The molecule has 3 aromatic carbocycles. The van der Waals surface area contributed by atoms with Crippen LogP contribution >= 0.6 is 0 Å². The molecule has 152 valence electrons. The summed E-state index contributed by atoms with van der Waals surface area (Å²) in [5, 5.41) is 11.6. The highest BCUT2D eigenvalue weighted by Crippen LogP contribution is 2.38. The van der Waals surface area contributed by atoms with E-state index in [4.69, 9.17) is 10.5 Å². The van der Waals surface area contributed by atoms with E-state index in [9.17, 15) is 9.90 Å². The molecule has 3 rings (SSSR count). The summed E-state index contributed by atoms with van der Waals surface area (Å²) in [5.74, 6) is -0.0802. The summed E-state index contributed by atoms with van der Waals surface area (Å²) >= 11 is 0. The molecule has 0 aliphatic rings. The Morgan fingerprint density at radius 1 is 1.03 bits per heavy atom. The molecule has 0 saturated carbocycles. The fourth-order valence-corrected chi connectivity index (χ4v) is 3.40. The third-order valence-electron chi connectivity index (χ3n) is 5.14. The van der Waals surface area contributed by atoms with Gasteiger partial charge in [-0.05, 0) is 58.9 Å². The lowest BCUT2D eigenvalue weighted by Gasteiger charge is -2.18. The monoisotopic (exact) mass is 391 g/mol. The fourth-order valence-electron chi connectivity index (χ4n) is 3.40. The number of nitrogens with two attached hydrogens (primary N) is 1. The molecule has 3 aromatic rings. The lowest BCUT2D eigenvalue weighted by atomic mass is 9.94. The van der Waals surface area contributed by atoms with Gasteiger partial charge in [0.15, 0.2) is 0 Å². The van der Waals surface area contributed by atoms with Crippen LogP contribution in [0.25, 0.3) is 21.9 Å². The number of rotatable bonds is 8. The number of hydrogen-bond donors (Lipinski definition) is 2. The van der Waals surface area contributed by atoms with Crippen LogP contribution in [-0.2, 0) is 11.2 Å². The average molecular weight is 392 g/mol. The van der Waals surface area contributed by atoms with Crippen molar-refractivity contribution < 1.29 is 14.6 Å². The zero-order valence-electron chi connectivity index (χ0n) is 17.3. The number of aliphatic carboxylic acids is 1. The maximum atomic E-state index is 11.3. The van der Waals surface area contributed by atoms with Gasteiger partial charge in [0.1, 0.15) is 5.75 Å². The Morgan fingerprint density at radius 3 is 2.45 bits per heavy atom. The quantitative estimate of drug-likeness (QED) is 0.478. The van der Waals surface area contributed by atoms with Gasteiger partial charge < -0.3 is 15.6 Å². The first-order valence-corrected chi connectivity index (χ1v) is 10.1. The fraction of sp³-hybridized carbons (Fsp3) is 0.320. The molecule has 0 radical (unpaired) electrons. The van der Waals surface area contributed by atoms with Gasteiger partial charge in [-0.15, -0.1) is 0 Å². The van der Waals surface area contributed by atoms with Gasteiger partial charge in [-0.1, -0.05) is 57.2 Å². The Morgan fingerprint density at radius 2 is 1.76 bits per heavy atom. The maximum Gasteiger partial charge on any atom is 0.306 e. The van der Waals surface area contributed by atoms with E-state index in [0.717, 1.165) is 28.5 Å². The Hall–Kier alpha value is -3.01. The van der Waals surface area contributed by atoms with Crippen molar-refractivity contribution in [3.8, 4) is 16.9 Å². The minimum absolute atomic E-state index is 0.423. The van der Waals surface area contributed by atoms with E-state index >= 15 is 0 Å². The third-order valence-corrected chi connectivity index (χ3v) is 5.14. The summed E-state index contributed by atoms with van der Waals surface area (Å²) in [6.45, 7) is 6.62. The number of carboxylic acids is 1. The molecule has 0 fully saturated rings. The molecule has 0 saturated heterocycles. The number of benzene rings is 3. The van der Waals surface area contributed by atoms with Crippen molar-refractivity contribution in [1.29, 1.82) is 0 Å². The molecule has 0 spiro atoms. The molecule has 0 amide bonds.